The molecular weight excluding hydrogens is 264 g/mol. The standard InChI is InChI=1S/C12H20N4O4/c1-5-6-8-9(16(19)20)10(15(4)14-8)13-7-12(2,3)11(17)18/h13H,5-7H2,1-4H3,(H,17,18). The number of nitrogens with zero attached hydrogens (tertiary/aromatic N) is 3. The van der Waals surface area contributed by atoms with E-state index in [2.05, 4.69) is 10.4 Å². The molecule has 1 aromatic rings. The zero-order valence-corrected chi connectivity index (χ0v) is 12.1. The van der Waals surface area contributed by atoms with Gasteiger partial charge in [0.25, 0.3) is 0 Å². The fraction of sp³-hybridized carbons (Fsp3) is 0.667. The number of aryl methyl sites for hydroxylation is 2. The molecule has 0 aliphatic rings. The van der Waals surface area contributed by atoms with Gasteiger partial charge in [0.05, 0.1) is 10.3 Å². The van der Waals surface area contributed by atoms with Crippen molar-refractivity contribution in [3.05, 3.63) is 15.8 Å². The van der Waals surface area contributed by atoms with Crippen LogP contribution in [0.25, 0.3) is 0 Å². The first-order valence-corrected chi connectivity index (χ1v) is 6.38. The third-order valence-corrected chi connectivity index (χ3v) is 3.04. The molecule has 0 fully saturated rings. The van der Waals surface area contributed by atoms with Crippen molar-refractivity contribution in [3.63, 3.8) is 0 Å². The van der Waals surface area contributed by atoms with Gasteiger partial charge in [-0.3, -0.25) is 14.9 Å². The number of hydrogen-bond donors (Lipinski definition) is 2. The van der Waals surface area contributed by atoms with Crippen LogP contribution in [0.2, 0.25) is 0 Å². The van der Waals surface area contributed by atoms with E-state index in [0.29, 0.717) is 12.1 Å². The number of nitro groups is 1. The predicted octanol–water partition coefficient (Wildman–Crippen LogP) is 1.80. The van der Waals surface area contributed by atoms with E-state index in [-0.39, 0.29) is 18.1 Å². The molecule has 112 valence electrons. The summed E-state index contributed by atoms with van der Waals surface area (Å²) >= 11 is 0. The number of nitrogens with one attached hydrogen (secondary N) is 1. The van der Waals surface area contributed by atoms with Crippen LogP contribution < -0.4 is 5.32 Å². The second-order valence-corrected chi connectivity index (χ2v) is 5.32. The summed E-state index contributed by atoms with van der Waals surface area (Å²) in [5.74, 6) is -0.726. The van der Waals surface area contributed by atoms with E-state index in [4.69, 9.17) is 5.11 Å². The maximum absolute atomic E-state index is 11.2. The highest BCUT2D eigenvalue weighted by Gasteiger charge is 2.31. The first-order valence-electron chi connectivity index (χ1n) is 6.38. The highest BCUT2D eigenvalue weighted by atomic mass is 16.6. The van der Waals surface area contributed by atoms with E-state index in [1.807, 2.05) is 6.92 Å². The monoisotopic (exact) mass is 284 g/mol. The van der Waals surface area contributed by atoms with Gasteiger partial charge >= 0.3 is 11.7 Å². The fourth-order valence-electron chi connectivity index (χ4n) is 1.74. The lowest BCUT2D eigenvalue weighted by Gasteiger charge is -2.19. The molecule has 0 saturated heterocycles. The summed E-state index contributed by atoms with van der Waals surface area (Å²) in [6.07, 6.45) is 1.26. The van der Waals surface area contributed by atoms with E-state index in [1.165, 1.54) is 4.68 Å². The molecule has 1 rings (SSSR count). The average Bonchev–Trinajstić information content (AvgIpc) is 2.63. The fourth-order valence-corrected chi connectivity index (χ4v) is 1.74. The van der Waals surface area contributed by atoms with Gasteiger partial charge in [0.1, 0.15) is 5.69 Å². The van der Waals surface area contributed by atoms with Crippen LogP contribution in [-0.4, -0.2) is 32.3 Å². The number of aromatic nitrogens is 2. The van der Waals surface area contributed by atoms with E-state index >= 15 is 0 Å². The maximum atomic E-state index is 11.2. The SMILES string of the molecule is CCCc1nn(C)c(NCC(C)(C)C(=O)O)c1[N+](=O)[O-]. The molecule has 0 bridgehead atoms. The van der Waals surface area contributed by atoms with Gasteiger partial charge in [-0.15, -0.1) is 0 Å². The van der Waals surface area contributed by atoms with E-state index in [9.17, 15) is 14.9 Å². The molecule has 0 spiro atoms. The molecule has 0 saturated carbocycles. The van der Waals surface area contributed by atoms with Crippen LogP contribution in [0.5, 0.6) is 0 Å². The number of carboxylic acids is 1. The molecule has 8 nitrogen and oxygen atoms in total. The molecular formula is C12H20N4O4. The molecule has 1 aromatic heterocycles. The molecule has 0 atom stereocenters. The van der Waals surface area contributed by atoms with Crippen molar-refractivity contribution < 1.29 is 14.8 Å². The van der Waals surface area contributed by atoms with E-state index < -0.39 is 16.3 Å². The van der Waals surface area contributed by atoms with Crippen molar-refractivity contribution in [3.8, 4) is 0 Å². The minimum Gasteiger partial charge on any atom is -0.481 e. The molecule has 20 heavy (non-hydrogen) atoms. The van der Waals surface area contributed by atoms with Crippen LogP contribution >= 0.6 is 0 Å². The highest BCUT2D eigenvalue weighted by molar-refractivity contribution is 5.74. The highest BCUT2D eigenvalue weighted by Crippen LogP contribution is 2.30. The molecule has 8 heteroatoms. The molecule has 0 aliphatic heterocycles. The first-order chi connectivity index (χ1) is 9.20. The second-order valence-electron chi connectivity index (χ2n) is 5.32. The summed E-state index contributed by atoms with van der Waals surface area (Å²) in [6.45, 7) is 5.10. The molecule has 1 heterocycles. The van der Waals surface area contributed by atoms with Crippen LogP contribution in [0.4, 0.5) is 11.5 Å². The van der Waals surface area contributed by atoms with Gasteiger partial charge in [0.2, 0.25) is 5.82 Å². The number of hydrogen-bond acceptors (Lipinski definition) is 5. The number of rotatable bonds is 7. The van der Waals surface area contributed by atoms with Crippen LogP contribution in [-0.2, 0) is 18.3 Å². The van der Waals surface area contributed by atoms with Gasteiger partial charge in [0.15, 0.2) is 0 Å². The van der Waals surface area contributed by atoms with Crippen LogP contribution in [0.15, 0.2) is 0 Å². The molecule has 0 aromatic carbocycles. The number of anilines is 1. The largest absolute Gasteiger partial charge is 0.481 e. The summed E-state index contributed by atoms with van der Waals surface area (Å²) in [4.78, 5) is 21.8. The third kappa shape index (κ3) is 3.25. The van der Waals surface area contributed by atoms with Gasteiger partial charge in [-0.05, 0) is 20.3 Å². The Labute approximate surface area is 116 Å². The summed E-state index contributed by atoms with van der Waals surface area (Å²) in [7, 11) is 1.60. The summed E-state index contributed by atoms with van der Waals surface area (Å²) in [5.41, 5.74) is -0.686. The van der Waals surface area contributed by atoms with Crippen LogP contribution in [0.1, 0.15) is 32.9 Å². The van der Waals surface area contributed by atoms with Gasteiger partial charge in [0, 0.05) is 13.6 Å². The Bertz CT molecular complexity index is 522. The quantitative estimate of drug-likeness (QED) is 0.583. The molecule has 0 aliphatic carbocycles. The minimum atomic E-state index is -1.02. The van der Waals surface area contributed by atoms with Crippen LogP contribution in [0, 0.1) is 15.5 Å². The Kier molecular flexibility index (Phi) is 4.69. The van der Waals surface area contributed by atoms with Gasteiger partial charge in [-0.2, -0.15) is 5.10 Å². The Balaban J connectivity index is 3.06. The van der Waals surface area contributed by atoms with Crippen molar-refractivity contribution in [2.24, 2.45) is 12.5 Å². The van der Waals surface area contributed by atoms with Crippen molar-refractivity contribution in [1.82, 2.24) is 9.78 Å². The molecule has 2 N–H and O–H groups in total. The lowest BCUT2D eigenvalue weighted by molar-refractivity contribution is -0.384. The Morgan fingerprint density at radius 2 is 2.15 bits per heavy atom. The van der Waals surface area contributed by atoms with Crippen molar-refractivity contribution >= 4 is 17.5 Å². The van der Waals surface area contributed by atoms with Gasteiger partial charge < -0.3 is 10.4 Å². The smallest absolute Gasteiger partial charge is 0.333 e. The molecule has 0 unspecified atom stereocenters. The van der Waals surface area contributed by atoms with Gasteiger partial charge in [-0.25, -0.2) is 4.68 Å². The molecule has 0 radical (unpaired) electrons. The second kappa shape index (κ2) is 5.89. The minimum absolute atomic E-state index is 0.0736. The first kappa shape index (κ1) is 15.9. The van der Waals surface area contributed by atoms with Gasteiger partial charge in [-0.1, -0.05) is 13.3 Å². The van der Waals surface area contributed by atoms with Crippen LogP contribution in [0.3, 0.4) is 0 Å². The summed E-state index contributed by atoms with van der Waals surface area (Å²) in [6, 6.07) is 0. The molecule has 0 amide bonds. The number of carboxylic acid groups (broad SMARTS) is 1. The van der Waals surface area contributed by atoms with E-state index in [0.717, 1.165) is 6.42 Å². The van der Waals surface area contributed by atoms with Crippen molar-refractivity contribution in [1.29, 1.82) is 0 Å². The number of aliphatic carboxylic acids is 1. The normalized spacial score (nSPS) is 11.4. The van der Waals surface area contributed by atoms with E-state index in [1.54, 1.807) is 20.9 Å². The zero-order valence-electron chi connectivity index (χ0n) is 12.1. The third-order valence-electron chi connectivity index (χ3n) is 3.04. The lowest BCUT2D eigenvalue weighted by atomic mass is 9.94. The number of carbonyl (C=O) groups is 1. The topological polar surface area (TPSA) is 110 Å². The Morgan fingerprint density at radius 3 is 2.60 bits per heavy atom. The Morgan fingerprint density at radius 1 is 1.55 bits per heavy atom. The van der Waals surface area contributed by atoms with Crippen molar-refractivity contribution in [2.45, 2.75) is 33.6 Å². The maximum Gasteiger partial charge on any atom is 0.333 e. The van der Waals surface area contributed by atoms with Crippen molar-refractivity contribution in [2.75, 3.05) is 11.9 Å². The lowest BCUT2D eigenvalue weighted by Crippen LogP contribution is -2.32. The summed E-state index contributed by atoms with van der Waals surface area (Å²) in [5, 5.41) is 27.2. The predicted molar refractivity (Wildman–Crippen MR) is 73.8 cm³/mol. The zero-order chi connectivity index (χ0) is 15.5. The average molecular weight is 284 g/mol. The Hall–Kier alpha value is -2.12. The summed E-state index contributed by atoms with van der Waals surface area (Å²) < 4.78 is 1.39.